The van der Waals surface area contributed by atoms with Gasteiger partial charge in [-0.2, -0.15) is 0 Å². The van der Waals surface area contributed by atoms with Crippen molar-refractivity contribution >= 4 is 11.6 Å². The summed E-state index contributed by atoms with van der Waals surface area (Å²) in [4.78, 5) is 11.9. The van der Waals surface area contributed by atoms with Gasteiger partial charge in [0.15, 0.2) is 0 Å². The van der Waals surface area contributed by atoms with Gasteiger partial charge in [0.2, 0.25) is 0 Å². The van der Waals surface area contributed by atoms with Crippen molar-refractivity contribution in [2.75, 3.05) is 11.9 Å². The molecule has 1 amide bonds. The highest BCUT2D eigenvalue weighted by molar-refractivity contribution is 6.04. The van der Waals surface area contributed by atoms with Crippen LogP contribution in [0.4, 0.5) is 10.1 Å². The predicted molar refractivity (Wildman–Crippen MR) is 78.4 cm³/mol. The van der Waals surface area contributed by atoms with Gasteiger partial charge in [0.25, 0.3) is 5.91 Å². The van der Waals surface area contributed by atoms with Crippen molar-refractivity contribution in [3.05, 3.63) is 59.4 Å². The Morgan fingerprint density at radius 2 is 2.10 bits per heavy atom. The Labute approximate surface area is 121 Å². The number of amides is 1. The molecule has 0 spiro atoms. The van der Waals surface area contributed by atoms with E-state index in [4.69, 9.17) is 5.73 Å². The maximum atomic E-state index is 13.9. The average Bonchev–Trinajstić information content (AvgIpc) is 2.47. The zero-order chi connectivity index (χ0) is 15.2. The van der Waals surface area contributed by atoms with E-state index in [0.29, 0.717) is 5.56 Å². The number of nitrogens with two attached hydrogens (primary N) is 1. The molecule has 0 aliphatic rings. The first kappa shape index (κ1) is 14.6. The average molecular weight is 284 g/mol. The number of hydrogen-bond acceptors (Lipinski definition) is 3. The molecular formula is C16H13FN2O2. The van der Waals surface area contributed by atoms with E-state index in [1.54, 1.807) is 6.07 Å². The summed E-state index contributed by atoms with van der Waals surface area (Å²) in [5.41, 5.74) is 6.00. The zero-order valence-electron chi connectivity index (χ0n) is 11.1. The summed E-state index contributed by atoms with van der Waals surface area (Å²) in [7, 11) is 0. The SMILES string of the molecule is NCC#Cc1ccc(NC(=O)c2cccc(O)c2)c(F)c1. The van der Waals surface area contributed by atoms with Crippen molar-refractivity contribution < 1.29 is 14.3 Å². The normalized spacial score (nSPS) is 9.62. The molecule has 0 bridgehead atoms. The fourth-order valence-corrected chi connectivity index (χ4v) is 1.69. The van der Waals surface area contributed by atoms with Crippen molar-refractivity contribution in [3.63, 3.8) is 0 Å². The molecule has 2 aromatic carbocycles. The molecule has 0 aromatic heterocycles. The minimum Gasteiger partial charge on any atom is -0.508 e. The quantitative estimate of drug-likeness (QED) is 0.739. The Balaban J connectivity index is 2.18. The predicted octanol–water partition coefficient (Wildman–Crippen LogP) is 2.09. The molecular weight excluding hydrogens is 271 g/mol. The third-order valence-electron chi connectivity index (χ3n) is 2.66. The fraction of sp³-hybridized carbons (Fsp3) is 0.0625. The molecule has 0 aliphatic heterocycles. The van der Waals surface area contributed by atoms with E-state index in [-0.39, 0.29) is 23.5 Å². The van der Waals surface area contributed by atoms with Gasteiger partial charge in [-0.1, -0.05) is 17.9 Å². The van der Waals surface area contributed by atoms with Gasteiger partial charge in [-0.3, -0.25) is 4.79 Å². The Morgan fingerprint density at radius 1 is 1.29 bits per heavy atom. The number of aromatic hydroxyl groups is 1. The highest BCUT2D eigenvalue weighted by Crippen LogP contribution is 2.18. The van der Waals surface area contributed by atoms with Crippen LogP contribution in [0.1, 0.15) is 15.9 Å². The van der Waals surface area contributed by atoms with Crippen LogP contribution in [0.2, 0.25) is 0 Å². The van der Waals surface area contributed by atoms with Gasteiger partial charge in [0.05, 0.1) is 12.2 Å². The summed E-state index contributed by atoms with van der Waals surface area (Å²) >= 11 is 0. The van der Waals surface area contributed by atoms with Crippen molar-refractivity contribution in [1.82, 2.24) is 0 Å². The number of carbonyl (C=O) groups is 1. The van der Waals surface area contributed by atoms with Crippen LogP contribution in [0.15, 0.2) is 42.5 Å². The van der Waals surface area contributed by atoms with Crippen LogP contribution in [0.3, 0.4) is 0 Å². The van der Waals surface area contributed by atoms with Crippen LogP contribution in [0, 0.1) is 17.7 Å². The molecule has 0 atom stereocenters. The van der Waals surface area contributed by atoms with Crippen molar-refractivity contribution in [3.8, 4) is 17.6 Å². The van der Waals surface area contributed by atoms with Crippen molar-refractivity contribution in [2.24, 2.45) is 5.73 Å². The molecule has 21 heavy (non-hydrogen) atoms. The maximum absolute atomic E-state index is 13.9. The van der Waals surface area contributed by atoms with Crippen LogP contribution >= 0.6 is 0 Å². The molecule has 0 radical (unpaired) electrons. The van der Waals surface area contributed by atoms with E-state index in [2.05, 4.69) is 17.2 Å². The number of anilines is 1. The Morgan fingerprint density at radius 3 is 2.76 bits per heavy atom. The lowest BCUT2D eigenvalue weighted by Crippen LogP contribution is -2.12. The van der Waals surface area contributed by atoms with E-state index >= 15 is 0 Å². The van der Waals surface area contributed by atoms with Gasteiger partial charge in [-0.15, -0.1) is 0 Å². The monoisotopic (exact) mass is 284 g/mol. The molecule has 0 unspecified atom stereocenters. The van der Waals surface area contributed by atoms with E-state index in [1.165, 1.54) is 36.4 Å². The molecule has 106 valence electrons. The lowest BCUT2D eigenvalue weighted by Gasteiger charge is -2.07. The number of nitrogens with one attached hydrogen (secondary N) is 1. The Bertz CT molecular complexity index is 733. The molecule has 0 saturated heterocycles. The van der Waals surface area contributed by atoms with Gasteiger partial charge in [-0.25, -0.2) is 4.39 Å². The van der Waals surface area contributed by atoms with E-state index in [9.17, 15) is 14.3 Å². The Kier molecular flexibility index (Phi) is 4.54. The summed E-state index contributed by atoms with van der Waals surface area (Å²) in [6, 6.07) is 10.0. The minimum absolute atomic E-state index is 0.0319. The summed E-state index contributed by atoms with van der Waals surface area (Å²) in [6.07, 6.45) is 0. The van der Waals surface area contributed by atoms with E-state index in [1.807, 2.05) is 0 Å². The number of rotatable bonds is 2. The Hall–Kier alpha value is -2.84. The summed E-state index contributed by atoms with van der Waals surface area (Å²) in [5, 5.41) is 11.8. The second kappa shape index (κ2) is 6.55. The molecule has 0 aliphatic carbocycles. The first-order valence-electron chi connectivity index (χ1n) is 6.19. The van der Waals surface area contributed by atoms with Gasteiger partial charge in [0, 0.05) is 11.1 Å². The summed E-state index contributed by atoms with van der Waals surface area (Å²) in [6.45, 7) is 0.192. The molecule has 2 aromatic rings. The second-order valence-corrected chi connectivity index (χ2v) is 4.20. The largest absolute Gasteiger partial charge is 0.508 e. The van der Waals surface area contributed by atoms with Gasteiger partial charge >= 0.3 is 0 Å². The standard InChI is InChI=1S/C16H13FN2O2/c17-14-9-11(3-2-8-18)6-7-15(14)19-16(21)12-4-1-5-13(20)10-12/h1,4-7,9-10,20H,8,18H2,(H,19,21). The van der Waals surface area contributed by atoms with Crippen LogP contribution in [0.5, 0.6) is 5.75 Å². The first-order valence-corrected chi connectivity index (χ1v) is 6.19. The molecule has 4 N–H and O–H groups in total. The molecule has 0 saturated carbocycles. The van der Waals surface area contributed by atoms with Crippen LogP contribution < -0.4 is 11.1 Å². The maximum Gasteiger partial charge on any atom is 0.255 e. The summed E-state index contributed by atoms with van der Waals surface area (Å²) < 4.78 is 13.9. The zero-order valence-corrected chi connectivity index (χ0v) is 11.1. The number of benzene rings is 2. The summed E-state index contributed by atoms with van der Waals surface area (Å²) in [5.74, 6) is 4.19. The molecule has 0 fully saturated rings. The topological polar surface area (TPSA) is 75.3 Å². The van der Waals surface area contributed by atoms with Gasteiger partial charge in [0.1, 0.15) is 11.6 Å². The second-order valence-electron chi connectivity index (χ2n) is 4.20. The number of phenolic OH excluding ortho intramolecular Hbond substituents is 1. The van der Waals surface area contributed by atoms with Gasteiger partial charge < -0.3 is 16.2 Å². The van der Waals surface area contributed by atoms with Crippen LogP contribution in [-0.4, -0.2) is 17.6 Å². The third-order valence-corrected chi connectivity index (χ3v) is 2.66. The lowest BCUT2D eigenvalue weighted by molar-refractivity contribution is 0.102. The molecule has 4 nitrogen and oxygen atoms in total. The number of halogens is 1. The van der Waals surface area contributed by atoms with Crippen LogP contribution in [0.25, 0.3) is 0 Å². The lowest BCUT2D eigenvalue weighted by atomic mass is 10.1. The number of carbonyl (C=O) groups excluding carboxylic acids is 1. The molecule has 0 heterocycles. The van der Waals surface area contributed by atoms with Crippen molar-refractivity contribution in [2.45, 2.75) is 0 Å². The molecule has 5 heteroatoms. The highest BCUT2D eigenvalue weighted by Gasteiger charge is 2.10. The fourth-order valence-electron chi connectivity index (χ4n) is 1.69. The van der Waals surface area contributed by atoms with Crippen molar-refractivity contribution in [1.29, 1.82) is 0 Å². The number of phenols is 1. The van der Waals surface area contributed by atoms with Crippen LogP contribution in [-0.2, 0) is 0 Å². The van der Waals surface area contributed by atoms with Gasteiger partial charge in [-0.05, 0) is 36.4 Å². The van der Waals surface area contributed by atoms with E-state index in [0.717, 1.165) is 0 Å². The first-order chi connectivity index (χ1) is 10.1. The highest BCUT2D eigenvalue weighted by atomic mass is 19.1. The number of hydrogen-bond donors (Lipinski definition) is 3. The van der Waals surface area contributed by atoms with E-state index < -0.39 is 11.7 Å². The minimum atomic E-state index is -0.590. The smallest absolute Gasteiger partial charge is 0.255 e. The molecule has 2 rings (SSSR count). The third kappa shape index (κ3) is 3.81.